The SMILES string of the molecule is Cc1cccc(OCCCC(F)(F)F)c1C. The van der Waals surface area contributed by atoms with Gasteiger partial charge in [0.05, 0.1) is 6.61 Å². The third-order valence-electron chi connectivity index (χ3n) is 2.42. The minimum absolute atomic E-state index is 0.00309. The number of rotatable bonds is 4. The second kappa shape index (κ2) is 5.23. The maximum absolute atomic E-state index is 11.9. The van der Waals surface area contributed by atoms with Gasteiger partial charge in [-0.25, -0.2) is 0 Å². The highest BCUT2D eigenvalue weighted by atomic mass is 19.4. The van der Waals surface area contributed by atoms with Gasteiger partial charge in [0.15, 0.2) is 0 Å². The summed E-state index contributed by atoms with van der Waals surface area (Å²) >= 11 is 0. The maximum atomic E-state index is 11.9. The van der Waals surface area contributed by atoms with Gasteiger partial charge in [-0.2, -0.15) is 13.2 Å². The van der Waals surface area contributed by atoms with Crippen LogP contribution in [0.5, 0.6) is 5.75 Å². The first kappa shape index (κ1) is 12.9. The molecule has 1 rings (SSSR count). The average Bonchev–Trinajstić information content (AvgIpc) is 2.17. The topological polar surface area (TPSA) is 9.23 Å². The first-order valence-electron chi connectivity index (χ1n) is 5.16. The molecule has 1 aromatic carbocycles. The molecule has 16 heavy (non-hydrogen) atoms. The van der Waals surface area contributed by atoms with Gasteiger partial charge in [-0.1, -0.05) is 12.1 Å². The third-order valence-corrected chi connectivity index (χ3v) is 2.42. The Morgan fingerprint density at radius 3 is 2.50 bits per heavy atom. The van der Waals surface area contributed by atoms with Crippen LogP contribution in [0, 0.1) is 13.8 Å². The summed E-state index contributed by atoms with van der Waals surface area (Å²) in [6.45, 7) is 3.94. The van der Waals surface area contributed by atoms with E-state index in [1.807, 2.05) is 26.0 Å². The minimum Gasteiger partial charge on any atom is -0.493 e. The molecule has 90 valence electrons. The van der Waals surface area contributed by atoms with Gasteiger partial charge >= 0.3 is 6.18 Å². The molecule has 4 heteroatoms. The van der Waals surface area contributed by atoms with Crippen LogP contribution in [-0.2, 0) is 0 Å². The van der Waals surface area contributed by atoms with E-state index >= 15 is 0 Å². The number of hydrogen-bond acceptors (Lipinski definition) is 1. The Balaban J connectivity index is 2.41. The molecule has 0 heterocycles. The van der Waals surface area contributed by atoms with Crippen molar-refractivity contribution >= 4 is 0 Å². The predicted molar refractivity (Wildman–Crippen MR) is 56.7 cm³/mol. The molecule has 0 atom stereocenters. The Kier molecular flexibility index (Phi) is 4.21. The number of halogens is 3. The van der Waals surface area contributed by atoms with Crippen molar-refractivity contribution < 1.29 is 17.9 Å². The standard InChI is InChI=1S/C12H15F3O/c1-9-5-3-6-11(10(9)2)16-8-4-7-12(13,14)15/h3,5-6H,4,7-8H2,1-2H3. The van der Waals surface area contributed by atoms with Gasteiger partial charge in [0.2, 0.25) is 0 Å². The van der Waals surface area contributed by atoms with Crippen molar-refractivity contribution in [3.8, 4) is 5.75 Å². The largest absolute Gasteiger partial charge is 0.493 e. The van der Waals surface area contributed by atoms with E-state index in [2.05, 4.69) is 0 Å². The van der Waals surface area contributed by atoms with Crippen molar-refractivity contribution in [1.29, 1.82) is 0 Å². The average molecular weight is 232 g/mol. The molecule has 1 nitrogen and oxygen atoms in total. The molecule has 0 radical (unpaired) electrons. The molecule has 0 fully saturated rings. The van der Waals surface area contributed by atoms with E-state index in [-0.39, 0.29) is 13.0 Å². The molecule has 0 saturated carbocycles. The lowest BCUT2D eigenvalue weighted by Gasteiger charge is -2.11. The molecule has 0 unspecified atom stereocenters. The zero-order chi connectivity index (χ0) is 12.2. The number of benzene rings is 1. The van der Waals surface area contributed by atoms with E-state index in [1.54, 1.807) is 6.07 Å². The summed E-state index contributed by atoms with van der Waals surface area (Å²) in [7, 11) is 0. The maximum Gasteiger partial charge on any atom is 0.389 e. The molecule has 0 saturated heterocycles. The molecule has 0 aromatic heterocycles. The highest BCUT2D eigenvalue weighted by Crippen LogP contribution is 2.23. The summed E-state index contributed by atoms with van der Waals surface area (Å²) in [4.78, 5) is 0. The van der Waals surface area contributed by atoms with Crippen LogP contribution < -0.4 is 4.74 Å². The summed E-state index contributed by atoms with van der Waals surface area (Å²) in [6.07, 6.45) is -4.89. The number of alkyl halides is 3. The van der Waals surface area contributed by atoms with E-state index in [1.165, 1.54) is 0 Å². The van der Waals surface area contributed by atoms with Crippen LogP contribution in [-0.4, -0.2) is 12.8 Å². The second-order valence-corrected chi connectivity index (χ2v) is 3.77. The van der Waals surface area contributed by atoms with Gasteiger partial charge in [-0.15, -0.1) is 0 Å². The summed E-state index contributed by atoms with van der Waals surface area (Å²) < 4.78 is 40.9. The van der Waals surface area contributed by atoms with Gasteiger partial charge in [0, 0.05) is 6.42 Å². The number of hydrogen-bond donors (Lipinski definition) is 0. The van der Waals surface area contributed by atoms with Gasteiger partial charge in [0.1, 0.15) is 5.75 Å². The molecule has 0 aliphatic carbocycles. The van der Waals surface area contributed by atoms with Crippen LogP contribution in [0.4, 0.5) is 13.2 Å². The monoisotopic (exact) mass is 232 g/mol. The first-order chi connectivity index (χ1) is 7.40. The zero-order valence-corrected chi connectivity index (χ0v) is 9.40. The first-order valence-corrected chi connectivity index (χ1v) is 5.16. The molecular formula is C12H15F3O. The Bertz CT molecular complexity index is 345. The molecule has 1 aromatic rings. The zero-order valence-electron chi connectivity index (χ0n) is 9.40. The summed E-state index contributed by atoms with van der Waals surface area (Å²) in [5.41, 5.74) is 2.06. The van der Waals surface area contributed by atoms with E-state index in [0.29, 0.717) is 5.75 Å². The Morgan fingerprint density at radius 2 is 1.88 bits per heavy atom. The van der Waals surface area contributed by atoms with Crippen LogP contribution in [0.15, 0.2) is 18.2 Å². The van der Waals surface area contributed by atoms with Crippen molar-refractivity contribution in [2.75, 3.05) is 6.61 Å². The fourth-order valence-corrected chi connectivity index (χ4v) is 1.34. The molecule has 0 aliphatic rings. The Morgan fingerprint density at radius 1 is 1.19 bits per heavy atom. The summed E-state index contributed by atoms with van der Waals surface area (Å²) in [6, 6.07) is 5.55. The second-order valence-electron chi connectivity index (χ2n) is 3.77. The van der Waals surface area contributed by atoms with Gasteiger partial charge in [0.25, 0.3) is 0 Å². The van der Waals surface area contributed by atoms with E-state index in [9.17, 15) is 13.2 Å². The van der Waals surface area contributed by atoms with Crippen molar-refractivity contribution in [2.45, 2.75) is 32.9 Å². The van der Waals surface area contributed by atoms with Crippen molar-refractivity contribution in [2.24, 2.45) is 0 Å². The normalized spacial score (nSPS) is 11.6. The van der Waals surface area contributed by atoms with Crippen LogP contribution in [0.1, 0.15) is 24.0 Å². The lowest BCUT2D eigenvalue weighted by molar-refractivity contribution is -0.136. The molecule has 0 aliphatic heterocycles. The Labute approximate surface area is 93.2 Å². The van der Waals surface area contributed by atoms with Gasteiger partial charge in [-0.05, 0) is 37.5 Å². The van der Waals surface area contributed by atoms with Crippen molar-refractivity contribution in [1.82, 2.24) is 0 Å². The fourth-order valence-electron chi connectivity index (χ4n) is 1.34. The van der Waals surface area contributed by atoms with E-state index < -0.39 is 12.6 Å². The molecule has 0 N–H and O–H groups in total. The minimum atomic E-state index is -4.09. The van der Waals surface area contributed by atoms with Crippen molar-refractivity contribution in [3.05, 3.63) is 29.3 Å². The summed E-state index contributed by atoms with van der Waals surface area (Å²) in [5.74, 6) is 0.669. The molecule has 0 spiro atoms. The fraction of sp³-hybridized carbons (Fsp3) is 0.500. The predicted octanol–water partition coefficient (Wildman–Crippen LogP) is 4.02. The van der Waals surface area contributed by atoms with Crippen LogP contribution in [0.2, 0.25) is 0 Å². The van der Waals surface area contributed by atoms with Gasteiger partial charge < -0.3 is 4.74 Å². The summed E-state index contributed by atoms with van der Waals surface area (Å²) in [5, 5.41) is 0. The Hall–Kier alpha value is -1.19. The van der Waals surface area contributed by atoms with E-state index in [4.69, 9.17) is 4.74 Å². The number of aryl methyl sites for hydroxylation is 1. The molecule has 0 amide bonds. The van der Waals surface area contributed by atoms with Crippen LogP contribution in [0.3, 0.4) is 0 Å². The molecular weight excluding hydrogens is 217 g/mol. The number of ether oxygens (including phenoxy) is 1. The lowest BCUT2D eigenvalue weighted by Crippen LogP contribution is -2.10. The lowest BCUT2D eigenvalue weighted by atomic mass is 10.1. The van der Waals surface area contributed by atoms with Gasteiger partial charge in [-0.3, -0.25) is 0 Å². The quantitative estimate of drug-likeness (QED) is 0.712. The smallest absolute Gasteiger partial charge is 0.389 e. The highest BCUT2D eigenvalue weighted by Gasteiger charge is 2.26. The highest BCUT2D eigenvalue weighted by molar-refractivity contribution is 5.38. The molecule has 0 bridgehead atoms. The van der Waals surface area contributed by atoms with Crippen LogP contribution in [0.25, 0.3) is 0 Å². The van der Waals surface area contributed by atoms with Crippen LogP contribution >= 0.6 is 0 Å². The van der Waals surface area contributed by atoms with Crippen molar-refractivity contribution in [3.63, 3.8) is 0 Å². The van der Waals surface area contributed by atoms with E-state index in [0.717, 1.165) is 11.1 Å². The third kappa shape index (κ3) is 4.13.